The lowest BCUT2D eigenvalue weighted by Crippen LogP contribution is -1.99. The zero-order chi connectivity index (χ0) is 11.7. The SMILES string of the molecule is Cc1nc(C(=O)O)c(-c2ccc(F)nc2)s1. The van der Waals surface area contributed by atoms with Gasteiger partial charge < -0.3 is 5.11 Å². The van der Waals surface area contributed by atoms with Crippen LogP contribution in [0, 0.1) is 12.9 Å². The molecule has 0 aliphatic rings. The summed E-state index contributed by atoms with van der Waals surface area (Å²) in [6, 6.07) is 2.68. The number of aromatic nitrogens is 2. The van der Waals surface area contributed by atoms with Crippen molar-refractivity contribution in [1.82, 2.24) is 9.97 Å². The Morgan fingerprint density at radius 2 is 2.25 bits per heavy atom. The monoisotopic (exact) mass is 238 g/mol. The summed E-state index contributed by atoms with van der Waals surface area (Å²) >= 11 is 1.25. The van der Waals surface area contributed by atoms with E-state index in [0.29, 0.717) is 15.4 Å². The van der Waals surface area contributed by atoms with E-state index in [4.69, 9.17) is 5.11 Å². The van der Waals surface area contributed by atoms with Gasteiger partial charge in [-0.05, 0) is 19.1 Å². The maximum Gasteiger partial charge on any atom is 0.356 e. The molecule has 6 heteroatoms. The Kier molecular flexibility index (Phi) is 2.66. The molecule has 82 valence electrons. The first kappa shape index (κ1) is 10.7. The average Bonchev–Trinajstić information content (AvgIpc) is 2.61. The van der Waals surface area contributed by atoms with Crippen molar-refractivity contribution >= 4 is 17.3 Å². The minimum Gasteiger partial charge on any atom is -0.476 e. The van der Waals surface area contributed by atoms with Crippen molar-refractivity contribution in [2.45, 2.75) is 6.92 Å². The van der Waals surface area contributed by atoms with Crippen LogP contribution in [0.5, 0.6) is 0 Å². The van der Waals surface area contributed by atoms with Crippen LogP contribution < -0.4 is 0 Å². The first-order valence-electron chi connectivity index (χ1n) is 4.40. The van der Waals surface area contributed by atoms with E-state index < -0.39 is 11.9 Å². The van der Waals surface area contributed by atoms with Gasteiger partial charge in [-0.3, -0.25) is 0 Å². The number of carboxylic acid groups (broad SMARTS) is 1. The Morgan fingerprint density at radius 1 is 1.50 bits per heavy atom. The Hall–Kier alpha value is -1.82. The summed E-state index contributed by atoms with van der Waals surface area (Å²) in [5, 5.41) is 9.59. The van der Waals surface area contributed by atoms with Crippen LogP contribution >= 0.6 is 11.3 Å². The number of hydrogen-bond acceptors (Lipinski definition) is 4. The summed E-state index contributed by atoms with van der Waals surface area (Å²) in [5.41, 5.74) is 0.542. The summed E-state index contributed by atoms with van der Waals surface area (Å²) < 4.78 is 12.6. The van der Waals surface area contributed by atoms with Gasteiger partial charge in [-0.1, -0.05) is 0 Å². The normalized spacial score (nSPS) is 10.4. The standard InChI is InChI=1S/C10H7FN2O2S/c1-5-13-8(10(14)15)9(16-5)6-2-3-7(11)12-4-6/h2-4H,1H3,(H,14,15). The van der Waals surface area contributed by atoms with E-state index in [9.17, 15) is 9.18 Å². The Labute approximate surface area is 94.4 Å². The molecule has 0 saturated heterocycles. The zero-order valence-corrected chi connectivity index (χ0v) is 9.08. The van der Waals surface area contributed by atoms with Crippen LogP contribution in [0.25, 0.3) is 10.4 Å². The molecule has 2 heterocycles. The maximum absolute atomic E-state index is 12.6. The second-order valence-corrected chi connectivity index (χ2v) is 4.29. The largest absolute Gasteiger partial charge is 0.476 e. The molecule has 0 spiro atoms. The number of aromatic carboxylic acids is 1. The van der Waals surface area contributed by atoms with Crippen LogP contribution in [0.1, 0.15) is 15.5 Å². The summed E-state index contributed by atoms with van der Waals surface area (Å²) in [4.78, 5) is 18.8. The van der Waals surface area contributed by atoms with Gasteiger partial charge in [0.2, 0.25) is 5.95 Å². The first-order valence-corrected chi connectivity index (χ1v) is 5.22. The van der Waals surface area contributed by atoms with Crippen molar-refractivity contribution in [2.24, 2.45) is 0 Å². The molecule has 0 aliphatic carbocycles. The Balaban J connectivity index is 2.55. The lowest BCUT2D eigenvalue weighted by molar-refractivity contribution is 0.0692. The number of hydrogen-bond donors (Lipinski definition) is 1. The van der Waals surface area contributed by atoms with Gasteiger partial charge in [-0.25, -0.2) is 14.8 Å². The van der Waals surface area contributed by atoms with E-state index in [1.807, 2.05) is 0 Å². The molecule has 2 aromatic rings. The van der Waals surface area contributed by atoms with E-state index in [1.165, 1.54) is 29.7 Å². The molecule has 0 saturated carbocycles. The van der Waals surface area contributed by atoms with Crippen LogP contribution in [0.3, 0.4) is 0 Å². The summed E-state index contributed by atoms with van der Waals surface area (Å²) in [6.45, 7) is 1.72. The molecule has 16 heavy (non-hydrogen) atoms. The lowest BCUT2D eigenvalue weighted by Gasteiger charge is -1.97. The van der Waals surface area contributed by atoms with Gasteiger partial charge in [0.25, 0.3) is 0 Å². The molecule has 2 aromatic heterocycles. The van der Waals surface area contributed by atoms with Gasteiger partial charge in [0.1, 0.15) is 0 Å². The molecule has 0 bridgehead atoms. The minimum atomic E-state index is -1.09. The first-order chi connectivity index (χ1) is 7.58. The fourth-order valence-corrected chi connectivity index (χ4v) is 2.18. The highest BCUT2D eigenvalue weighted by Gasteiger charge is 2.17. The van der Waals surface area contributed by atoms with E-state index >= 15 is 0 Å². The highest BCUT2D eigenvalue weighted by atomic mass is 32.1. The predicted molar refractivity (Wildman–Crippen MR) is 57.0 cm³/mol. The van der Waals surface area contributed by atoms with Crippen molar-refractivity contribution in [3.8, 4) is 10.4 Å². The van der Waals surface area contributed by atoms with E-state index in [0.717, 1.165) is 0 Å². The smallest absolute Gasteiger partial charge is 0.356 e. The third-order valence-electron chi connectivity index (χ3n) is 1.93. The van der Waals surface area contributed by atoms with Crippen LogP contribution in [0.4, 0.5) is 4.39 Å². The van der Waals surface area contributed by atoms with Gasteiger partial charge in [0.05, 0.1) is 9.88 Å². The molecule has 0 radical (unpaired) electrons. The van der Waals surface area contributed by atoms with Crippen molar-refractivity contribution in [2.75, 3.05) is 0 Å². The van der Waals surface area contributed by atoms with Crippen molar-refractivity contribution in [3.63, 3.8) is 0 Å². The summed E-state index contributed by atoms with van der Waals surface area (Å²) in [6.07, 6.45) is 1.30. The minimum absolute atomic E-state index is 0.0177. The quantitative estimate of drug-likeness (QED) is 0.816. The fraction of sp³-hybridized carbons (Fsp3) is 0.100. The molecule has 1 N–H and O–H groups in total. The molecule has 0 unspecified atom stereocenters. The van der Waals surface area contributed by atoms with Crippen molar-refractivity contribution < 1.29 is 14.3 Å². The lowest BCUT2D eigenvalue weighted by atomic mass is 10.2. The van der Waals surface area contributed by atoms with Crippen LogP contribution in [-0.2, 0) is 0 Å². The van der Waals surface area contributed by atoms with Crippen molar-refractivity contribution in [3.05, 3.63) is 35.0 Å². The summed E-state index contributed by atoms with van der Waals surface area (Å²) in [7, 11) is 0. The van der Waals surface area contributed by atoms with Gasteiger partial charge in [0.15, 0.2) is 5.69 Å². The molecule has 2 rings (SSSR count). The van der Waals surface area contributed by atoms with E-state index in [-0.39, 0.29) is 5.69 Å². The number of carboxylic acids is 1. The zero-order valence-electron chi connectivity index (χ0n) is 8.27. The van der Waals surface area contributed by atoms with Crippen molar-refractivity contribution in [1.29, 1.82) is 0 Å². The summed E-state index contributed by atoms with van der Waals surface area (Å²) in [5.74, 6) is -1.69. The number of halogens is 1. The number of aryl methyl sites for hydroxylation is 1. The Bertz CT molecular complexity index is 536. The number of nitrogens with zero attached hydrogens (tertiary/aromatic N) is 2. The molecule has 0 aliphatic heterocycles. The van der Waals surface area contributed by atoms with Crippen LogP contribution in [-0.4, -0.2) is 21.0 Å². The number of pyridine rings is 1. The number of rotatable bonds is 2. The number of thiazole rings is 1. The molecule has 0 aromatic carbocycles. The molecular weight excluding hydrogens is 231 g/mol. The predicted octanol–water partition coefficient (Wildman–Crippen LogP) is 2.35. The van der Waals surface area contributed by atoms with E-state index in [2.05, 4.69) is 9.97 Å². The van der Waals surface area contributed by atoms with Gasteiger partial charge in [0, 0.05) is 11.8 Å². The molecule has 0 fully saturated rings. The molecule has 0 amide bonds. The van der Waals surface area contributed by atoms with Gasteiger partial charge in [-0.2, -0.15) is 4.39 Å². The van der Waals surface area contributed by atoms with Crippen LogP contribution in [0.15, 0.2) is 18.3 Å². The second kappa shape index (κ2) is 3.97. The van der Waals surface area contributed by atoms with Gasteiger partial charge in [-0.15, -0.1) is 11.3 Å². The Morgan fingerprint density at radius 3 is 2.81 bits per heavy atom. The second-order valence-electron chi connectivity index (χ2n) is 3.09. The average molecular weight is 238 g/mol. The highest BCUT2D eigenvalue weighted by molar-refractivity contribution is 7.15. The maximum atomic E-state index is 12.6. The third kappa shape index (κ3) is 1.92. The molecule has 0 atom stereocenters. The van der Waals surface area contributed by atoms with Gasteiger partial charge >= 0.3 is 5.97 Å². The highest BCUT2D eigenvalue weighted by Crippen LogP contribution is 2.29. The topological polar surface area (TPSA) is 63.1 Å². The number of carbonyl (C=O) groups is 1. The molecule has 4 nitrogen and oxygen atoms in total. The van der Waals surface area contributed by atoms with Crippen LogP contribution in [0.2, 0.25) is 0 Å². The fourth-order valence-electron chi connectivity index (χ4n) is 1.28. The third-order valence-corrected chi connectivity index (χ3v) is 2.95. The van der Waals surface area contributed by atoms with E-state index in [1.54, 1.807) is 6.92 Å². The molecular formula is C10H7FN2O2S.